The fraction of sp³-hybridized carbons (Fsp3) is 0.167. The number of carbonyl (C=O) groups is 1. The standard InChI is InChI=1S/C18H13F3N2O6S/c1-2-28-17(25)15-16(24)14-12(4-3-5-13(14)30(26)27)23(22-15)10-6-8-11(9-7-10)29-18(19,20)21/h3-9H,2H2,1H3,(H,26,27)/p-1. The SMILES string of the molecule is CCOC(=O)c1nn(-c2ccc(OC(F)(F)F)cc2)c2cccc(S(=O)[O-])c2c1=O. The average molecular weight is 441 g/mol. The second kappa shape index (κ2) is 8.24. The molecule has 158 valence electrons. The molecule has 3 aromatic rings. The molecule has 1 aromatic heterocycles. The molecule has 0 fully saturated rings. The smallest absolute Gasteiger partial charge is 0.573 e. The van der Waals surface area contributed by atoms with Crippen molar-refractivity contribution in [2.24, 2.45) is 0 Å². The number of hydrogen-bond acceptors (Lipinski definition) is 7. The van der Waals surface area contributed by atoms with E-state index < -0.39 is 40.3 Å². The van der Waals surface area contributed by atoms with E-state index in [1.807, 2.05) is 0 Å². The summed E-state index contributed by atoms with van der Waals surface area (Å²) in [6.07, 6.45) is -4.88. The van der Waals surface area contributed by atoms with Crippen molar-refractivity contribution in [3.8, 4) is 11.4 Å². The van der Waals surface area contributed by atoms with Gasteiger partial charge in [-0.2, -0.15) is 5.10 Å². The van der Waals surface area contributed by atoms with Gasteiger partial charge in [0.05, 0.1) is 23.2 Å². The number of esters is 1. The second-order valence-electron chi connectivity index (χ2n) is 5.74. The molecule has 0 N–H and O–H groups in total. The van der Waals surface area contributed by atoms with Crippen LogP contribution in [0.5, 0.6) is 5.75 Å². The van der Waals surface area contributed by atoms with E-state index in [0.29, 0.717) is 0 Å². The Hall–Kier alpha value is -3.25. The number of hydrogen-bond donors (Lipinski definition) is 0. The van der Waals surface area contributed by atoms with Gasteiger partial charge >= 0.3 is 12.3 Å². The fourth-order valence-corrected chi connectivity index (χ4v) is 3.25. The fourth-order valence-electron chi connectivity index (χ4n) is 2.70. The number of halogens is 3. The highest BCUT2D eigenvalue weighted by Gasteiger charge is 2.31. The molecule has 0 aliphatic heterocycles. The summed E-state index contributed by atoms with van der Waals surface area (Å²) in [4.78, 5) is 24.6. The van der Waals surface area contributed by atoms with E-state index in [9.17, 15) is 31.5 Å². The van der Waals surface area contributed by atoms with Gasteiger partial charge in [-0.15, -0.1) is 13.2 Å². The van der Waals surface area contributed by atoms with Gasteiger partial charge < -0.3 is 14.0 Å². The van der Waals surface area contributed by atoms with Gasteiger partial charge in [0, 0.05) is 4.90 Å². The van der Waals surface area contributed by atoms with Crippen molar-refractivity contribution in [1.29, 1.82) is 0 Å². The summed E-state index contributed by atoms with van der Waals surface area (Å²) in [5.41, 5.74) is -1.44. The van der Waals surface area contributed by atoms with E-state index in [1.165, 1.54) is 37.3 Å². The second-order valence-corrected chi connectivity index (χ2v) is 6.65. The zero-order chi connectivity index (χ0) is 22.1. The predicted octanol–water partition coefficient (Wildman–Crippen LogP) is 2.70. The number of nitrogens with zero attached hydrogens (tertiary/aromatic N) is 2. The maximum atomic E-state index is 12.8. The molecule has 1 heterocycles. The Morgan fingerprint density at radius 1 is 1.20 bits per heavy atom. The van der Waals surface area contributed by atoms with Gasteiger partial charge in [-0.1, -0.05) is 6.07 Å². The minimum absolute atomic E-state index is 0.0271. The predicted molar refractivity (Wildman–Crippen MR) is 97.2 cm³/mol. The van der Waals surface area contributed by atoms with E-state index in [0.717, 1.165) is 16.8 Å². The molecule has 0 spiro atoms. The highest BCUT2D eigenvalue weighted by Crippen LogP contribution is 2.25. The van der Waals surface area contributed by atoms with Crippen molar-refractivity contribution in [2.45, 2.75) is 18.2 Å². The van der Waals surface area contributed by atoms with Crippen LogP contribution in [0.4, 0.5) is 13.2 Å². The highest BCUT2D eigenvalue weighted by atomic mass is 32.2. The minimum Gasteiger partial charge on any atom is -0.768 e. The summed E-state index contributed by atoms with van der Waals surface area (Å²) in [7, 11) is 0. The third-order valence-corrected chi connectivity index (χ3v) is 4.54. The molecule has 1 atom stereocenters. The Balaban J connectivity index is 2.27. The van der Waals surface area contributed by atoms with E-state index in [2.05, 4.69) is 9.84 Å². The van der Waals surface area contributed by atoms with Crippen LogP contribution < -0.4 is 10.2 Å². The lowest BCUT2D eigenvalue weighted by Crippen LogP contribution is -2.25. The van der Waals surface area contributed by atoms with Crippen LogP contribution in [0.2, 0.25) is 0 Å². The van der Waals surface area contributed by atoms with Gasteiger partial charge in [-0.05, 0) is 54.4 Å². The first-order chi connectivity index (χ1) is 14.1. The molecular formula is C18H12F3N2O6S-. The van der Waals surface area contributed by atoms with Crippen LogP contribution in [0, 0.1) is 0 Å². The van der Waals surface area contributed by atoms with Crippen LogP contribution in [-0.2, 0) is 15.8 Å². The number of rotatable bonds is 5. The van der Waals surface area contributed by atoms with Crippen LogP contribution in [-0.4, -0.2) is 37.5 Å². The molecule has 3 rings (SSSR count). The van der Waals surface area contributed by atoms with Gasteiger partial charge in [0.2, 0.25) is 11.1 Å². The van der Waals surface area contributed by atoms with E-state index >= 15 is 0 Å². The molecule has 0 amide bonds. The lowest BCUT2D eigenvalue weighted by molar-refractivity contribution is -0.274. The number of benzene rings is 2. The molecular weight excluding hydrogens is 429 g/mol. The molecule has 2 aromatic carbocycles. The molecule has 0 radical (unpaired) electrons. The maximum absolute atomic E-state index is 12.8. The lowest BCUT2D eigenvalue weighted by Gasteiger charge is -2.15. The maximum Gasteiger partial charge on any atom is 0.573 e. The molecule has 0 saturated carbocycles. The average Bonchev–Trinajstić information content (AvgIpc) is 2.67. The first kappa shape index (κ1) is 21.5. The van der Waals surface area contributed by atoms with Crippen LogP contribution >= 0.6 is 0 Å². The number of fused-ring (bicyclic) bond motifs is 1. The largest absolute Gasteiger partial charge is 0.768 e. The molecule has 12 heteroatoms. The molecule has 0 saturated heterocycles. The summed E-state index contributed by atoms with van der Waals surface area (Å²) in [5, 5.41) is 3.65. The van der Waals surface area contributed by atoms with Crippen LogP contribution in [0.1, 0.15) is 17.4 Å². The number of aromatic nitrogens is 2. The number of ether oxygens (including phenoxy) is 2. The quantitative estimate of drug-likeness (QED) is 0.442. The van der Waals surface area contributed by atoms with Crippen molar-refractivity contribution in [1.82, 2.24) is 9.78 Å². The summed E-state index contributed by atoms with van der Waals surface area (Å²) in [5.74, 6) is -1.56. The van der Waals surface area contributed by atoms with Gasteiger partial charge in [0.1, 0.15) is 5.75 Å². The molecule has 8 nitrogen and oxygen atoms in total. The third-order valence-electron chi connectivity index (χ3n) is 3.84. The van der Waals surface area contributed by atoms with Crippen molar-refractivity contribution < 1.29 is 36.2 Å². The topological polar surface area (TPSA) is 111 Å². The Kier molecular flexibility index (Phi) is 5.89. The van der Waals surface area contributed by atoms with Gasteiger partial charge in [-0.25, -0.2) is 9.48 Å². The van der Waals surface area contributed by atoms with Crippen molar-refractivity contribution in [3.63, 3.8) is 0 Å². The zero-order valence-electron chi connectivity index (χ0n) is 15.1. The number of alkyl halides is 3. The molecule has 0 aliphatic carbocycles. The summed E-state index contributed by atoms with van der Waals surface area (Å²) in [6, 6.07) is 8.33. The lowest BCUT2D eigenvalue weighted by atomic mass is 10.2. The molecule has 30 heavy (non-hydrogen) atoms. The van der Waals surface area contributed by atoms with E-state index in [-0.39, 0.29) is 28.1 Å². The summed E-state index contributed by atoms with van der Waals surface area (Å²) in [6.45, 7) is 1.45. The van der Waals surface area contributed by atoms with Gasteiger partial charge in [0.25, 0.3) is 0 Å². The molecule has 0 bridgehead atoms. The highest BCUT2D eigenvalue weighted by molar-refractivity contribution is 7.79. The van der Waals surface area contributed by atoms with E-state index in [4.69, 9.17) is 4.74 Å². The first-order valence-electron chi connectivity index (χ1n) is 8.31. The van der Waals surface area contributed by atoms with E-state index in [1.54, 1.807) is 0 Å². The first-order valence-corrected chi connectivity index (χ1v) is 9.38. The van der Waals surface area contributed by atoms with Crippen molar-refractivity contribution in [3.05, 3.63) is 58.4 Å². The monoisotopic (exact) mass is 441 g/mol. The normalized spacial score (nSPS) is 12.6. The molecule has 0 aliphatic rings. The van der Waals surface area contributed by atoms with Crippen LogP contribution in [0.15, 0.2) is 52.2 Å². The Morgan fingerprint density at radius 2 is 1.87 bits per heavy atom. The minimum atomic E-state index is -4.88. The Bertz CT molecular complexity index is 1190. The van der Waals surface area contributed by atoms with Crippen molar-refractivity contribution >= 4 is 28.0 Å². The van der Waals surface area contributed by atoms with Crippen LogP contribution in [0.3, 0.4) is 0 Å². The summed E-state index contributed by atoms with van der Waals surface area (Å²) < 4.78 is 70.0. The van der Waals surface area contributed by atoms with Gasteiger partial charge in [0.15, 0.2) is 0 Å². The van der Waals surface area contributed by atoms with Crippen molar-refractivity contribution in [2.75, 3.05) is 6.61 Å². The Labute approximate surface area is 169 Å². The zero-order valence-corrected chi connectivity index (χ0v) is 16.0. The van der Waals surface area contributed by atoms with Crippen LogP contribution in [0.25, 0.3) is 16.6 Å². The number of carbonyl (C=O) groups excluding carboxylic acids is 1. The Morgan fingerprint density at radius 3 is 2.43 bits per heavy atom. The molecule has 1 unspecified atom stereocenters. The van der Waals surface area contributed by atoms with Gasteiger partial charge in [-0.3, -0.25) is 9.00 Å². The summed E-state index contributed by atoms with van der Waals surface area (Å²) >= 11 is -2.81. The third kappa shape index (κ3) is 4.33.